The summed E-state index contributed by atoms with van der Waals surface area (Å²) in [4.78, 5) is 19.8. The van der Waals surface area contributed by atoms with Crippen molar-refractivity contribution in [1.29, 1.82) is 0 Å². The van der Waals surface area contributed by atoms with Crippen LogP contribution in [0.2, 0.25) is 0 Å². The summed E-state index contributed by atoms with van der Waals surface area (Å²) in [5, 5.41) is 2.59. The largest absolute Gasteiger partial charge is 0.348 e. The van der Waals surface area contributed by atoms with Gasteiger partial charge in [-0.25, -0.2) is 22.9 Å². The van der Waals surface area contributed by atoms with Gasteiger partial charge in [0.05, 0.1) is 4.90 Å². The van der Waals surface area contributed by atoms with Crippen LogP contribution in [-0.2, 0) is 23.0 Å². The highest BCUT2D eigenvalue weighted by Crippen LogP contribution is 2.28. The summed E-state index contributed by atoms with van der Waals surface area (Å²) in [6, 6.07) is 23.0. The van der Waals surface area contributed by atoms with E-state index in [1.165, 1.54) is 6.07 Å². The molecule has 1 unspecified atom stereocenters. The van der Waals surface area contributed by atoms with Crippen LogP contribution in [-0.4, -0.2) is 24.4 Å². The van der Waals surface area contributed by atoms with E-state index in [9.17, 15) is 13.2 Å². The fourth-order valence-electron chi connectivity index (χ4n) is 3.85. The number of nitrogens with zero attached hydrogens (tertiary/aromatic N) is 1. The van der Waals surface area contributed by atoms with Gasteiger partial charge >= 0.3 is 6.03 Å². The van der Waals surface area contributed by atoms with Crippen LogP contribution in [0.1, 0.15) is 36.2 Å². The Hall–Kier alpha value is -3.91. The molecule has 0 saturated heterocycles. The normalized spacial score (nSPS) is 12.1. The van der Waals surface area contributed by atoms with Crippen molar-refractivity contribution < 1.29 is 13.2 Å². The minimum absolute atomic E-state index is 0.0500. The van der Waals surface area contributed by atoms with Gasteiger partial charge < -0.3 is 10.3 Å². The first-order valence-electron chi connectivity index (χ1n) is 11.4. The molecule has 0 aliphatic heterocycles. The van der Waals surface area contributed by atoms with Crippen LogP contribution in [0, 0.1) is 0 Å². The van der Waals surface area contributed by atoms with Crippen LogP contribution in [0.3, 0.4) is 0 Å². The van der Waals surface area contributed by atoms with E-state index >= 15 is 0 Å². The van der Waals surface area contributed by atoms with E-state index in [1.807, 2.05) is 60.8 Å². The second-order valence-corrected chi connectivity index (χ2v) is 10.0. The van der Waals surface area contributed by atoms with Crippen molar-refractivity contribution in [3.63, 3.8) is 0 Å². The van der Waals surface area contributed by atoms with Gasteiger partial charge in [-0.3, -0.25) is 0 Å². The Bertz CT molecular complexity index is 1350. The highest BCUT2D eigenvalue weighted by Gasteiger charge is 2.21. The summed E-state index contributed by atoms with van der Waals surface area (Å²) < 4.78 is 28.2. The lowest BCUT2D eigenvalue weighted by atomic mass is 9.98. The quantitative estimate of drug-likeness (QED) is 0.308. The number of carbonyl (C=O) groups is 1. The number of urea groups is 1. The SMILES string of the molecule is CC(CCc1ccc(-c2ccccc2S(=O)(=O)NC(=O)NCc2ccccc2)cc1)c1ncc[nH]1. The third-order valence-electron chi connectivity index (χ3n) is 5.82. The molecule has 0 spiro atoms. The fourth-order valence-corrected chi connectivity index (χ4v) is 5.01. The lowest BCUT2D eigenvalue weighted by molar-refractivity contribution is 0.245. The van der Waals surface area contributed by atoms with Gasteiger partial charge in [-0.05, 0) is 35.6 Å². The summed E-state index contributed by atoms with van der Waals surface area (Å²) in [7, 11) is -4.07. The molecule has 7 nitrogen and oxygen atoms in total. The summed E-state index contributed by atoms with van der Waals surface area (Å²) in [5.41, 5.74) is 3.33. The summed E-state index contributed by atoms with van der Waals surface area (Å²) in [5.74, 6) is 1.29. The number of aryl methyl sites for hydroxylation is 1. The van der Waals surface area contributed by atoms with E-state index in [0.717, 1.165) is 35.4 Å². The Labute approximate surface area is 205 Å². The molecule has 0 saturated carbocycles. The Balaban J connectivity index is 1.43. The number of aromatic amines is 1. The topological polar surface area (TPSA) is 104 Å². The van der Waals surface area contributed by atoms with Gasteiger partial charge in [0.2, 0.25) is 0 Å². The molecular formula is C27H28N4O3S. The van der Waals surface area contributed by atoms with Crippen LogP contribution < -0.4 is 10.0 Å². The van der Waals surface area contributed by atoms with E-state index in [2.05, 4.69) is 26.9 Å². The molecule has 3 aromatic carbocycles. The zero-order valence-corrected chi connectivity index (χ0v) is 20.3. The van der Waals surface area contributed by atoms with Gasteiger partial charge in [-0.1, -0.05) is 79.7 Å². The fraction of sp³-hybridized carbons (Fsp3) is 0.185. The van der Waals surface area contributed by atoms with Gasteiger partial charge in [-0.2, -0.15) is 0 Å². The molecule has 0 fully saturated rings. The first kappa shape index (κ1) is 24.2. The van der Waals surface area contributed by atoms with Crippen molar-refractivity contribution in [2.75, 3.05) is 0 Å². The maximum atomic E-state index is 13.0. The maximum absolute atomic E-state index is 13.0. The Morgan fingerprint density at radius 3 is 2.37 bits per heavy atom. The average molecular weight is 489 g/mol. The van der Waals surface area contributed by atoms with Crippen LogP contribution in [0.15, 0.2) is 96.2 Å². The van der Waals surface area contributed by atoms with E-state index in [4.69, 9.17) is 0 Å². The number of carbonyl (C=O) groups excluding carboxylic acids is 1. The molecule has 8 heteroatoms. The Morgan fingerprint density at radius 2 is 1.66 bits per heavy atom. The molecule has 0 aliphatic carbocycles. The number of aromatic nitrogens is 2. The van der Waals surface area contributed by atoms with Gasteiger partial charge in [0.15, 0.2) is 0 Å². The van der Waals surface area contributed by atoms with Crippen molar-refractivity contribution in [3.05, 3.63) is 108 Å². The van der Waals surface area contributed by atoms with E-state index < -0.39 is 16.1 Å². The number of sulfonamides is 1. The lowest BCUT2D eigenvalue weighted by Crippen LogP contribution is -2.39. The molecule has 4 rings (SSSR count). The van der Waals surface area contributed by atoms with E-state index in [0.29, 0.717) is 11.5 Å². The van der Waals surface area contributed by atoms with Crippen molar-refractivity contribution in [2.45, 2.75) is 37.1 Å². The maximum Gasteiger partial charge on any atom is 0.328 e. The molecule has 35 heavy (non-hydrogen) atoms. The zero-order chi connectivity index (χ0) is 24.7. The summed E-state index contributed by atoms with van der Waals surface area (Å²) >= 11 is 0. The molecule has 4 aromatic rings. The van der Waals surface area contributed by atoms with Crippen molar-refractivity contribution in [3.8, 4) is 11.1 Å². The molecule has 0 aliphatic rings. The second-order valence-electron chi connectivity index (χ2n) is 8.38. The number of H-pyrrole nitrogens is 1. The minimum atomic E-state index is -4.07. The van der Waals surface area contributed by atoms with Crippen molar-refractivity contribution >= 4 is 16.1 Å². The number of rotatable bonds is 9. The second kappa shape index (κ2) is 11.0. The molecule has 0 bridgehead atoms. The van der Waals surface area contributed by atoms with Gasteiger partial charge in [0, 0.05) is 30.4 Å². The Kier molecular flexibility index (Phi) is 7.62. The van der Waals surface area contributed by atoms with Crippen LogP contribution >= 0.6 is 0 Å². The predicted octanol–water partition coefficient (Wildman–Crippen LogP) is 5.00. The summed E-state index contributed by atoms with van der Waals surface area (Å²) in [6.45, 7) is 2.36. The molecule has 0 radical (unpaired) electrons. The van der Waals surface area contributed by atoms with Crippen LogP contribution in [0.4, 0.5) is 4.79 Å². The minimum Gasteiger partial charge on any atom is -0.348 e. The van der Waals surface area contributed by atoms with Crippen LogP contribution in [0.5, 0.6) is 0 Å². The number of nitrogens with one attached hydrogen (secondary N) is 3. The highest BCUT2D eigenvalue weighted by atomic mass is 32.2. The standard InChI is InChI=1S/C27H28N4O3S/c1-20(26-28-17-18-29-26)11-12-21-13-15-23(16-14-21)24-9-5-6-10-25(24)35(33,34)31-27(32)30-19-22-7-3-2-4-8-22/h2-10,13-18,20H,11-12,19H2,1H3,(H,28,29)(H2,30,31,32). The molecule has 1 atom stereocenters. The smallest absolute Gasteiger partial charge is 0.328 e. The van der Waals surface area contributed by atoms with Crippen molar-refractivity contribution in [1.82, 2.24) is 20.0 Å². The van der Waals surface area contributed by atoms with Crippen LogP contribution in [0.25, 0.3) is 11.1 Å². The molecule has 1 aromatic heterocycles. The molecular weight excluding hydrogens is 460 g/mol. The number of hydrogen-bond acceptors (Lipinski definition) is 4. The molecule has 3 N–H and O–H groups in total. The number of benzene rings is 3. The third-order valence-corrected chi connectivity index (χ3v) is 7.21. The molecule has 2 amide bonds. The van der Waals surface area contributed by atoms with Gasteiger partial charge in [0.1, 0.15) is 5.82 Å². The zero-order valence-electron chi connectivity index (χ0n) is 19.4. The first-order valence-corrected chi connectivity index (χ1v) is 12.9. The molecule has 1 heterocycles. The number of imidazole rings is 1. The predicted molar refractivity (Wildman–Crippen MR) is 136 cm³/mol. The van der Waals surface area contributed by atoms with Gasteiger partial charge in [-0.15, -0.1) is 0 Å². The lowest BCUT2D eigenvalue weighted by Gasteiger charge is -2.13. The third kappa shape index (κ3) is 6.36. The Morgan fingerprint density at radius 1 is 0.943 bits per heavy atom. The van der Waals surface area contributed by atoms with E-state index in [1.54, 1.807) is 24.4 Å². The van der Waals surface area contributed by atoms with Crippen molar-refractivity contribution in [2.24, 2.45) is 0 Å². The van der Waals surface area contributed by atoms with Gasteiger partial charge in [0.25, 0.3) is 10.0 Å². The number of hydrogen-bond donors (Lipinski definition) is 3. The average Bonchev–Trinajstić information content (AvgIpc) is 3.42. The number of amides is 2. The monoisotopic (exact) mass is 488 g/mol. The summed E-state index contributed by atoms with van der Waals surface area (Å²) in [6.07, 6.45) is 5.41. The van der Waals surface area contributed by atoms with E-state index in [-0.39, 0.29) is 11.4 Å². The first-order chi connectivity index (χ1) is 16.9. The highest BCUT2D eigenvalue weighted by molar-refractivity contribution is 7.90. The molecule has 180 valence electrons.